The van der Waals surface area contributed by atoms with E-state index in [9.17, 15) is 5.11 Å². The lowest BCUT2D eigenvalue weighted by molar-refractivity contribution is 0.0743. The Morgan fingerprint density at radius 3 is 1.81 bits per heavy atom. The number of aliphatic hydroxyl groups is 1. The van der Waals surface area contributed by atoms with E-state index in [0.29, 0.717) is 6.42 Å². The summed E-state index contributed by atoms with van der Waals surface area (Å²) >= 11 is 0. The minimum Gasteiger partial charge on any atom is -0.380 e. The number of hydrogen-bond acceptors (Lipinski definition) is 1. The summed E-state index contributed by atoms with van der Waals surface area (Å²) in [5.74, 6) is 0. The van der Waals surface area contributed by atoms with Gasteiger partial charge in [0, 0.05) is 6.42 Å². The lowest BCUT2D eigenvalue weighted by atomic mass is 9.81. The topological polar surface area (TPSA) is 34.3 Å². The van der Waals surface area contributed by atoms with E-state index in [1.807, 2.05) is 80.4 Å². The van der Waals surface area contributed by atoms with Gasteiger partial charge in [-0.2, -0.15) is 0 Å². The first-order valence-electron chi connectivity index (χ1n) is 7.11. The molecule has 2 nitrogen and oxygen atoms in total. The molecule has 5 radical (unpaired) electrons. The highest BCUT2D eigenvalue weighted by Crippen LogP contribution is 2.39. The number of rotatable bonds is 4. The van der Waals surface area contributed by atoms with Crippen molar-refractivity contribution in [1.82, 2.24) is 5.32 Å². The molecule has 0 aliphatic carbocycles. The Bertz CT molecular complexity index is 527. The van der Waals surface area contributed by atoms with Crippen molar-refractivity contribution in [2.75, 3.05) is 0 Å². The predicted octanol–water partition coefficient (Wildman–Crippen LogP) is 3.42. The van der Waals surface area contributed by atoms with E-state index < -0.39 is 5.60 Å². The molecular weight excluding hydrogens is 258 g/mol. The van der Waals surface area contributed by atoms with Crippen molar-refractivity contribution in [3.8, 4) is 0 Å². The molecular formula is C19H18NO. The molecule has 2 aromatic carbocycles. The van der Waals surface area contributed by atoms with Crippen molar-refractivity contribution in [2.45, 2.75) is 18.9 Å². The van der Waals surface area contributed by atoms with E-state index >= 15 is 0 Å². The zero-order chi connectivity index (χ0) is 14.7. The maximum atomic E-state index is 11.4. The summed E-state index contributed by atoms with van der Waals surface area (Å²) in [6.07, 6.45) is 4.42. The Morgan fingerprint density at radius 1 is 0.857 bits per heavy atom. The Kier molecular flexibility index (Phi) is 4.09. The van der Waals surface area contributed by atoms with Gasteiger partial charge in [-0.05, 0) is 30.9 Å². The molecule has 0 bridgehead atoms. The monoisotopic (exact) mass is 276 g/mol. The minimum atomic E-state index is -1.06. The molecule has 1 N–H and O–H groups in total. The number of nitrogens with zero attached hydrogens (tertiary/aromatic N) is 1. The molecule has 1 heterocycles. The fourth-order valence-electron chi connectivity index (χ4n) is 2.68. The number of hydrogen-bond donors (Lipinski definition) is 1. The summed E-state index contributed by atoms with van der Waals surface area (Å²) in [6.45, 7) is 1.97. The SMILES string of the molecule is C[C]1[CH][CH][C](CC(O)(c2ccccc2)c2ccccc2)[N]1. The summed E-state index contributed by atoms with van der Waals surface area (Å²) < 4.78 is 0. The average Bonchev–Trinajstić information content (AvgIpc) is 2.94. The molecule has 1 aliphatic rings. The van der Waals surface area contributed by atoms with Crippen LogP contribution < -0.4 is 5.32 Å². The maximum absolute atomic E-state index is 11.4. The summed E-state index contributed by atoms with van der Waals surface area (Å²) in [7, 11) is 0. The molecule has 1 aliphatic heterocycles. The zero-order valence-electron chi connectivity index (χ0n) is 12.0. The van der Waals surface area contributed by atoms with Crippen LogP contribution >= 0.6 is 0 Å². The van der Waals surface area contributed by atoms with Crippen molar-refractivity contribution >= 4 is 0 Å². The fraction of sp³-hybridized carbons (Fsp3) is 0.158. The normalized spacial score (nSPS) is 17.2. The molecule has 1 saturated heterocycles. The second-order valence-electron chi connectivity index (χ2n) is 5.35. The molecule has 3 rings (SSSR count). The van der Waals surface area contributed by atoms with Gasteiger partial charge in [0.25, 0.3) is 0 Å². The first kappa shape index (κ1) is 14.3. The third-order valence-corrected chi connectivity index (χ3v) is 3.78. The zero-order valence-corrected chi connectivity index (χ0v) is 12.0. The van der Waals surface area contributed by atoms with E-state index in [1.165, 1.54) is 0 Å². The first-order valence-corrected chi connectivity index (χ1v) is 7.11. The first-order chi connectivity index (χ1) is 10.2. The lowest BCUT2D eigenvalue weighted by Crippen LogP contribution is -2.31. The van der Waals surface area contributed by atoms with Gasteiger partial charge in [0.15, 0.2) is 0 Å². The molecule has 0 spiro atoms. The lowest BCUT2D eigenvalue weighted by Gasteiger charge is -2.31. The van der Waals surface area contributed by atoms with Crippen LogP contribution in [-0.4, -0.2) is 5.11 Å². The summed E-state index contributed by atoms with van der Waals surface area (Å²) in [6, 6.07) is 21.5. The van der Waals surface area contributed by atoms with Crippen LogP contribution in [-0.2, 0) is 5.60 Å². The van der Waals surface area contributed by atoms with E-state index in [0.717, 1.165) is 23.2 Å². The molecule has 0 aromatic heterocycles. The van der Waals surface area contributed by atoms with Crippen LogP contribution in [0, 0.1) is 24.9 Å². The van der Waals surface area contributed by atoms with Gasteiger partial charge >= 0.3 is 0 Å². The molecule has 2 heteroatoms. The molecule has 0 saturated carbocycles. The van der Waals surface area contributed by atoms with Crippen LogP contribution in [0.25, 0.3) is 0 Å². The van der Waals surface area contributed by atoms with Crippen LogP contribution in [0.3, 0.4) is 0 Å². The van der Waals surface area contributed by atoms with Gasteiger partial charge < -0.3 is 5.11 Å². The minimum absolute atomic E-state index is 0.467. The molecule has 1 fully saturated rings. The van der Waals surface area contributed by atoms with E-state index in [2.05, 4.69) is 5.32 Å². The van der Waals surface area contributed by atoms with Crippen LogP contribution in [0.1, 0.15) is 24.5 Å². The second-order valence-corrected chi connectivity index (χ2v) is 5.35. The van der Waals surface area contributed by atoms with Gasteiger partial charge in [-0.3, -0.25) is 0 Å². The second kappa shape index (κ2) is 6.00. The average molecular weight is 276 g/mol. The van der Waals surface area contributed by atoms with Gasteiger partial charge in [-0.1, -0.05) is 60.7 Å². The highest BCUT2D eigenvalue weighted by atomic mass is 16.3. The highest BCUT2D eigenvalue weighted by Gasteiger charge is 2.37. The molecule has 0 atom stereocenters. The Labute approximate surface area is 126 Å². The molecule has 0 amide bonds. The summed E-state index contributed by atoms with van der Waals surface area (Å²) in [4.78, 5) is 0. The Hall–Kier alpha value is -1.64. The highest BCUT2D eigenvalue weighted by molar-refractivity contribution is 5.39. The van der Waals surface area contributed by atoms with Gasteiger partial charge in [0.1, 0.15) is 5.60 Å². The fourth-order valence-corrected chi connectivity index (χ4v) is 2.68. The van der Waals surface area contributed by atoms with Crippen molar-refractivity contribution in [1.29, 1.82) is 0 Å². The third-order valence-electron chi connectivity index (χ3n) is 3.78. The van der Waals surface area contributed by atoms with Gasteiger partial charge in [0.05, 0.1) is 12.1 Å². The van der Waals surface area contributed by atoms with Gasteiger partial charge in [-0.25, -0.2) is 5.32 Å². The molecule has 21 heavy (non-hydrogen) atoms. The molecule has 0 unspecified atom stereocenters. The smallest absolute Gasteiger partial charge is 0.116 e. The van der Waals surface area contributed by atoms with Crippen LogP contribution in [0.15, 0.2) is 60.7 Å². The quantitative estimate of drug-likeness (QED) is 0.912. The van der Waals surface area contributed by atoms with Crippen LogP contribution in [0.2, 0.25) is 0 Å². The molecule has 2 aromatic rings. The van der Waals surface area contributed by atoms with Crippen molar-refractivity contribution in [2.24, 2.45) is 0 Å². The Morgan fingerprint density at radius 2 is 1.38 bits per heavy atom. The van der Waals surface area contributed by atoms with Crippen molar-refractivity contribution in [3.05, 3.63) is 96.7 Å². The van der Waals surface area contributed by atoms with Crippen molar-refractivity contribution < 1.29 is 5.11 Å². The standard InChI is InChI=1S/C19H18NO/c1-15-12-13-18(20-15)14-19(21,16-8-4-2-5-9-16)17-10-6-3-7-11-17/h2-13,21H,14H2,1H3. The third kappa shape index (κ3) is 3.02. The van der Waals surface area contributed by atoms with E-state index in [1.54, 1.807) is 0 Å². The van der Waals surface area contributed by atoms with Gasteiger partial charge in [-0.15, -0.1) is 0 Å². The summed E-state index contributed by atoms with van der Waals surface area (Å²) in [5, 5.41) is 15.9. The largest absolute Gasteiger partial charge is 0.380 e. The van der Waals surface area contributed by atoms with Gasteiger partial charge in [0.2, 0.25) is 0 Å². The Balaban J connectivity index is 1.95. The number of benzene rings is 2. The summed E-state index contributed by atoms with van der Waals surface area (Å²) in [5.41, 5.74) is 0.713. The van der Waals surface area contributed by atoms with Crippen LogP contribution in [0.5, 0.6) is 0 Å². The maximum Gasteiger partial charge on any atom is 0.116 e. The van der Waals surface area contributed by atoms with E-state index in [4.69, 9.17) is 0 Å². The molecule has 105 valence electrons. The van der Waals surface area contributed by atoms with Crippen molar-refractivity contribution in [3.63, 3.8) is 0 Å². The van der Waals surface area contributed by atoms with Crippen LogP contribution in [0.4, 0.5) is 0 Å². The van der Waals surface area contributed by atoms with E-state index in [-0.39, 0.29) is 0 Å². The predicted molar refractivity (Wildman–Crippen MR) is 83.4 cm³/mol.